The maximum Gasteiger partial charge on any atom is 0.331 e. The van der Waals surface area contributed by atoms with Gasteiger partial charge >= 0.3 is 5.97 Å². The van der Waals surface area contributed by atoms with Crippen molar-refractivity contribution in [3.05, 3.63) is 83.4 Å². The van der Waals surface area contributed by atoms with Crippen molar-refractivity contribution >= 4 is 23.8 Å². The van der Waals surface area contributed by atoms with Crippen LogP contribution < -0.4 is 0 Å². The molecule has 0 fully saturated rings. The first-order valence-corrected chi connectivity index (χ1v) is 7.45. The van der Waals surface area contributed by atoms with Crippen LogP contribution in [0, 0.1) is 0 Å². The molecule has 0 saturated heterocycles. The second kappa shape index (κ2) is 8.30. The van der Waals surface area contributed by atoms with Crippen molar-refractivity contribution in [2.45, 2.75) is 11.9 Å². The maximum atomic E-state index is 12.3. The van der Waals surface area contributed by atoms with E-state index in [1.165, 1.54) is 13.3 Å². The van der Waals surface area contributed by atoms with Crippen LogP contribution in [0.4, 0.5) is 0 Å². The molecule has 2 atom stereocenters. The summed E-state index contributed by atoms with van der Waals surface area (Å²) in [6, 6.07) is 14.3. The number of carbonyl (C=O) groups excluding carboxylic acids is 1. The molecule has 0 aliphatic heterocycles. The fraction of sp³-hybridized carbons (Fsp3) is 0.158. The van der Waals surface area contributed by atoms with E-state index < -0.39 is 17.9 Å². The molecule has 0 bridgehead atoms. The van der Waals surface area contributed by atoms with Gasteiger partial charge in [-0.1, -0.05) is 60.1 Å². The second-order valence-corrected chi connectivity index (χ2v) is 5.25. The largest absolute Gasteiger partial charge is 0.467 e. The van der Waals surface area contributed by atoms with Gasteiger partial charge in [-0.05, 0) is 23.3 Å². The Kier molecular flexibility index (Phi) is 5.59. The molecule has 4 heteroatoms. The fourth-order valence-electron chi connectivity index (χ4n) is 2.12. The lowest BCUT2D eigenvalue weighted by Crippen LogP contribution is -2.27. The van der Waals surface area contributed by atoms with Crippen molar-refractivity contribution in [3.8, 4) is 0 Å². The van der Waals surface area contributed by atoms with Crippen molar-refractivity contribution in [1.29, 1.82) is 0 Å². The number of methoxy groups -OCH3 is 1. The molecule has 2 aromatic rings. The smallest absolute Gasteiger partial charge is 0.331 e. The Labute approximate surface area is 142 Å². The molecule has 0 N–H and O–H groups in total. The fourth-order valence-corrected chi connectivity index (χ4v) is 2.25. The first-order valence-electron chi connectivity index (χ1n) is 7.58. The quantitative estimate of drug-likeness (QED) is 0.451. The van der Waals surface area contributed by atoms with E-state index in [0.717, 1.165) is 11.1 Å². The second-order valence-electron chi connectivity index (χ2n) is 4.81. The molecule has 2 rings (SSSR count). The third-order valence-electron chi connectivity index (χ3n) is 3.31. The Hall–Kier alpha value is -2.39. The summed E-state index contributed by atoms with van der Waals surface area (Å²) < 4.78 is 13.5. The van der Waals surface area contributed by atoms with Crippen LogP contribution in [0.2, 0.25) is 5.02 Å². The van der Waals surface area contributed by atoms with Crippen molar-refractivity contribution in [2.24, 2.45) is 4.99 Å². The zero-order chi connectivity index (χ0) is 17.6. The summed E-state index contributed by atoms with van der Waals surface area (Å²) in [6.45, 7) is 3.77. The Morgan fingerprint density at radius 3 is 2.48 bits per heavy atom. The van der Waals surface area contributed by atoms with Crippen LogP contribution in [0.3, 0.4) is 0 Å². The van der Waals surface area contributed by atoms with Gasteiger partial charge in [0.15, 0.2) is 6.02 Å². The Morgan fingerprint density at radius 2 is 1.91 bits per heavy atom. The van der Waals surface area contributed by atoms with E-state index >= 15 is 0 Å². The van der Waals surface area contributed by atoms with Gasteiger partial charge in [-0.2, -0.15) is 0 Å². The lowest BCUT2D eigenvalue weighted by molar-refractivity contribution is -0.142. The monoisotopic (exact) mass is 328 g/mol. The molecule has 0 heterocycles. The first-order chi connectivity index (χ1) is 11.5. The van der Waals surface area contributed by atoms with Crippen LogP contribution in [0.5, 0.6) is 0 Å². The Morgan fingerprint density at radius 1 is 1.26 bits per heavy atom. The lowest BCUT2D eigenvalue weighted by atomic mass is 9.92. The van der Waals surface area contributed by atoms with Crippen LogP contribution in [0.25, 0.3) is 0 Å². The predicted molar refractivity (Wildman–Crippen MR) is 94.2 cm³/mol. The number of ether oxygens (including phenoxy) is 1. The van der Waals surface area contributed by atoms with E-state index in [4.69, 9.17) is 17.7 Å². The number of rotatable bonds is 6. The highest BCUT2D eigenvalue weighted by molar-refractivity contribution is 6.30. The third kappa shape index (κ3) is 4.54. The molecule has 0 amide bonds. The number of hydrogen-bond acceptors (Lipinski definition) is 3. The van der Waals surface area contributed by atoms with Gasteiger partial charge in [0, 0.05) is 17.2 Å². The van der Waals surface area contributed by atoms with Crippen LogP contribution in [0.15, 0.2) is 72.2 Å². The van der Waals surface area contributed by atoms with E-state index in [0.29, 0.717) is 5.02 Å². The number of carbonyl (C=O) groups is 1. The zero-order valence-corrected chi connectivity index (χ0v) is 13.5. The molecular formula is C19H18ClNO2. The molecule has 0 radical (unpaired) electrons. The van der Waals surface area contributed by atoms with Gasteiger partial charge in [-0.25, -0.2) is 4.79 Å². The van der Waals surface area contributed by atoms with Crippen molar-refractivity contribution in [3.63, 3.8) is 0 Å². The van der Waals surface area contributed by atoms with Crippen molar-refractivity contribution in [1.82, 2.24) is 0 Å². The number of halogens is 1. The van der Waals surface area contributed by atoms with Gasteiger partial charge in [-0.3, -0.25) is 4.99 Å². The van der Waals surface area contributed by atoms with Crippen molar-refractivity contribution < 1.29 is 10.9 Å². The minimum Gasteiger partial charge on any atom is -0.467 e. The molecule has 23 heavy (non-hydrogen) atoms. The summed E-state index contributed by atoms with van der Waals surface area (Å²) in [6.07, 6.45) is 3.01. The van der Waals surface area contributed by atoms with E-state index in [1.54, 1.807) is 30.3 Å². The van der Waals surface area contributed by atoms with Gasteiger partial charge in [-0.15, -0.1) is 6.58 Å². The third-order valence-corrected chi connectivity index (χ3v) is 3.56. The highest BCUT2D eigenvalue weighted by Crippen LogP contribution is 2.24. The average Bonchev–Trinajstić information content (AvgIpc) is 2.62. The summed E-state index contributed by atoms with van der Waals surface area (Å²) in [7, 11) is 1.24. The first kappa shape index (κ1) is 15.5. The minimum atomic E-state index is -1.86. The van der Waals surface area contributed by atoms with E-state index in [9.17, 15) is 4.79 Å². The summed E-state index contributed by atoms with van der Waals surface area (Å²) in [5.41, 5.74) is 1.50. The average molecular weight is 329 g/mol. The highest BCUT2D eigenvalue weighted by Gasteiger charge is 2.27. The van der Waals surface area contributed by atoms with Gasteiger partial charge in [0.1, 0.15) is 0 Å². The minimum absolute atomic E-state index is 0.602. The van der Waals surface area contributed by atoms with Gasteiger partial charge in [0.2, 0.25) is 0 Å². The molecule has 0 aliphatic carbocycles. The summed E-state index contributed by atoms with van der Waals surface area (Å²) in [4.78, 5) is 16.5. The summed E-state index contributed by atoms with van der Waals surface area (Å²) >= 11 is 5.86. The highest BCUT2D eigenvalue weighted by atomic mass is 35.5. The van der Waals surface area contributed by atoms with E-state index in [2.05, 4.69) is 11.6 Å². The molecule has 0 saturated carbocycles. The molecule has 0 unspecified atom stereocenters. The SMILES string of the molecule is [2H][C@@](N=Cc1ccc(Cl)cc1)(C(=O)OC)[C@H](C=C)c1ccccc1. The molecule has 0 spiro atoms. The normalized spacial score (nSPS) is 15.5. The van der Waals surface area contributed by atoms with E-state index in [1.807, 2.05) is 30.3 Å². The van der Waals surface area contributed by atoms with Gasteiger partial charge < -0.3 is 4.74 Å². The van der Waals surface area contributed by atoms with Gasteiger partial charge in [0.05, 0.1) is 8.48 Å². The zero-order valence-electron chi connectivity index (χ0n) is 13.8. The maximum absolute atomic E-state index is 12.3. The number of aliphatic imine (C=N–C) groups is 1. The molecule has 2 aromatic carbocycles. The van der Waals surface area contributed by atoms with Gasteiger partial charge in [0.25, 0.3) is 0 Å². The Balaban J connectivity index is 2.43. The molecular weight excluding hydrogens is 310 g/mol. The topological polar surface area (TPSA) is 38.7 Å². The van der Waals surface area contributed by atoms with Crippen molar-refractivity contribution in [2.75, 3.05) is 7.11 Å². The van der Waals surface area contributed by atoms with Crippen LogP contribution in [-0.2, 0) is 9.53 Å². The van der Waals surface area contributed by atoms with Crippen LogP contribution in [0.1, 0.15) is 18.4 Å². The van der Waals surface area contributed by atoms with Crippen LogP contribution in [-0.4, -0.2) is 25.3 Å². The Bertz CT molecular complexity index is 731. The lowest BCUT2D eigenvalue weighted by Gasteiger charge is -2.19. The molecule has 0 aliphatic rings. The predicted octanol–water partition coefficient (Wildman–Crippen LogP) is 4.27. The summed E-state index contributed by atoms with van der Waals surface area (Å²) in [5.74, 6) is -1.39. The molecule has 0 aromatic heterocycles. The standard InChI is InChI=1S/C19H18ClNO2/c1-3-17(15-7-5-4-6-8-15)18(19(22)23-2)21-13-14-9-11-16(20)12-10-14/h3-13,17-18H,1H2,2H3/t17-,18+/m1/s1/i18D. The summed E-state index contributed by atoms with van der Waals surface area (Å²) in [5, 5.41) is 0.602. The number of esters is 1. The number of benzene rings is 2. The molecule has 3 nitrogen and oxygen atoms in total. The number of nitrogens with zero attached hydrogens (tertiary/aromatic N) is 1. The molecule has 118 valence electrons. The van der Waals surface area contributed by atoms with E-state index in [-0.39, 0.29) is 0 Å². The number of hydrogen-bond donors (Lipinski definition) is 0. The van der Waals surface area contributed by atoms with Crippen LogP contribution >= 0.6 is 11.6 Å².